The molecule has 0 unspecified atom stereocenters. The highest BCUT2D eigenvalue weighted by atomic mass is 32.1. The molecule has 0 fully saturated rings. The molecule has 0 saturated carbocycles. The molecular formula is C10H13N3S. The second kappa shape index (κ2) is 3.28. The van der Waals surface area contributed by atoms with Crippen molar-refractivity contribution in [3.05, 3.63) is 18.1 Å². The lowest BCUT2D eigenvalue weighted by Crippen LogP contribution is -2.10. The molecule has 0 saturated heterocycles. The van der Waals surface area contributed by atoms with E-state index in [2.05, 4.69) is 35.1 Å². The van der Waals surface area contributed by atoms with Crippen LogP contribution < -0.4 is 0 Å². The Morgan fingerprint density at radius 2 is 2.07 bits per heavy atom. The predicted octanol–water partition coefficient (Wildman–Crippen LogP) is 2.67. The smallest absolute Gasteiger partial charge is 0.162 e. The second-order valence-corrected chi connectivity index (χ2v) is 5.40. The highest BCUT2D eigenvalue weighted by Crippen LogP contribution is 2.21. The summed E-state index contributed by atoms with van der Waals surface area (Å²) in [6.45, 7) is 6.60. The molecule has 0 N–H and O–H groups in total. The van der Waals surface area contributed by atoms with Crippen LogP contribution in [-0.2, 0) is 6.42 Å². The lowest BCUT2D eigenvalue weighted by Gasteiger charge is -2.16. The van der Waals surface area contributed by atoms with E-state index in [1.807, 2.05) is 6.20 Å². The van der Waals surface area contributed by atoms with Gasteiger partial charge in [0.2, 0.25) is 0 Å². The van der Waals surface area contributed by atoms with Crippen molar-refractivity contribution in [1.29, 1.82) is 0 Å². The maximum Gasteiger partial charge on any atom is 0.162 e. The Morgan fingerprint density at radius 3 is 2.79 bits per heavy atom. The summed E-state index contributed by atoms with van der Waals surface area (Å²) in [7, 11) is 0. The van der Waals surface area contributed by atoms with Gasteiger partial charge >= 0.3 is 0 Å². The molecule has 2 aromatic rings. The van der Waals surface area contributed by atoms with Gasteiger partial charge in [0.05, 0.1) is 11.9 Å². The molecule has 0 aliphatic carbocycles. The van der Waals surface area contributed by atoms with Gasteiger partial charge < -0.3 is 0 Å². The lowest BCUT2D eigenvalue weighted by molar-refractivity contribution is 0.406. The van der Waals surface area contributed by atoms with Gasteiger partial charge in [-0.15, -0.1) is 0 Å². The summed E-state index contributed by atoms with van der Waals surface area (Å²) in [5, 5.41) is 0. The van der Waals surface area contributed by atoms with Gasteiger partial charge in [-0.1, -0.05) is 20.8 Å². The van der Waals surface area contributed by atoms with Crippen molar-refractivity contribution in [2.45, 2.75) is 27.2 Å². The van der Waals surface area contributed by atoms with Crippen LogP contribution in [0.4, 0.5) is 0 Å². The first-order valence-corrected chi connectivity index (χ1v) is 5.38. The fourth-order valence-corrected chi connectivity index (χ4v) is 1.94. The Balaban J connectivity index is 2.35. The average molecular weight is 207 g/mol. The van der Waals surface area contributed by atoms with Crippen molar-refractivity contribution in [1.82, 2.24) is 14.3 Å². The molecule has 0 aliphatic rings. The summed E-state index contributed by atoms with van der Waals surface area (Å²) in [5.41, 5.74) is 2.20. The van der Waals surface area contributed by atoms with Crippen molar-refractivity contribution in [2.24, 2.45) is 5.41 Å². The number of fused-ring (bicyclic) bond motifs is 1. The summed E-state index contributed by atoms with van der Waals surface area (Å²) >= 11 is 1.40. The molecule has 0 spiro atoms. The molecule has 14 heavy (non-hydrogen) atoms. The van der Waals surface area contributed by atoms with E-state index < -0.39 is 0 Å². The van der Waals surface area contributed by atoms with Gasteiger partial charge in [0, 0.05) is 6.20 Å². The van der Waals surface area contributed by atoms with Crippen molar-refractivity contribution in [3.8, 4) is 0 Å². The van der Waals surface area contributed by atoms with Crippen molar-refractivity contribution in [2.75, 3.05) is 0 Å². The number of hydrogen-bond donors (Lipinski definition) is 0. The van der Waals surface area contributed by atoms with Crippen LogP contribution >= 0.6 is 11.5 Å². The summed E-state index contributed by atoms with van der Waals surface area (Å²) in [6, 6.07) is 0. The number of aromatic nitrogens is 3. The molecular weight excluding hydrogens is 194 g/mol. The molecule has 0 aliphatic heterocycles. The van der Waals surface area contributed by atoms with Crippen LogP contribution in [0.15, 0.2) is 12.4 Å². The maximum absolute atomic E-state index is 4.51. The largest absolute Gasteiger partial charge is 0.250 e. The minimum absolute atomic E-state index is 0.257. The third kappa shape index (κ3) is 2.07. The Kier molecular flexibility index (Phi) is 2.23. The first-order valence-electron chi connectivity index (χ1n) is 4.61. The molecule has 74 valence electrons. The Hall–Kier alpha value is -1.03. The van der Waals surface area contributed by atoms with E-state index in [0.717, 1.165) is 22.5 Å². The summed E-state index contributed by atoms with van der Waals surface area (Å²) in [5.74, 6) is 0. The quantitative estimate of drug-likeness (QED) is 0.721. The van der Waals surface area contributed by atoms with Crippen LogP contribution in [0.2, 0.25) is 0 Å². The summed E-state index contributed by atoms with van der Waals surface area (Å²) in [4.78, 5) is 9.76. The van der Waals surface area contributed by atoms with E-state index in [4.69, 9.17) is 0 Å². The fraction of sp³-hybridized carbons (Fsp3) is 0.500. The van der Waals surface area contributed by atoms with Crippen molar-refractivity contribution in [3.63, 3.8) is 0 Å². The monoisotopic (exact) mass is 207 g/mol. The predicted molar refractivity (Wildman–Crippen MR) is 58.4 cm³/mol. The van der Waals surface area contributed by atoms with Crippen LogP contribution in [0.5, 0.6) is 0 Å². The maximum atomic E-state index is 4.51. The molecule has 2 heterocycles. The fourth-order valence-electron chi connectivity index (χ4n) is 1.33. The molecule has 0 bridgehead atoms. The van der Waals surface area contributed by atoms with Gasteiger partial charge in [0.1, 0.15) is 5.52 Å². The SMILES string of the molecule is CC(C)(C)Cc1cnc2cnsc2n1. The topological polar surface area (TPSA) is 38.7 Å². The Bertz CT molecular complexity index is 442. The minimum Gasteiger partial charge on any atom is -0.250 e. The molecule has 0 radical (unpaired) electrons. The highest BCUT2D eigenvalue weighted by molar-refractivity contribution is 7.12. The number of rotatable bonds is 1. The third-order valence-corrected chi connectivity index (χ3v) is 2.53. The van der Waals surface area contributed by atoms with Crippen LogP contribution in [0.1, 0.15) is 26.5 Å². The van der Waals surface area contributed by atoms with Gasteiger partial charge in [0.25, 0.3) is 0 Å². The van der Waals surface area contributed by atoms with Crippen LogP contribution in [0.25, 0.3) is 10.3 Å². The number of nitrogens with zero attached hydrogens (tertiary/aromatic N) is 3. The Labute approximate surface area is 87.4 Å². The zero-order valence-electron chi connectivity index (χ0n) is 8.61. The van der Waals surface area contributed by atoms with Crippen molar-refractivity contribution < 1.29 is 0 Å². The molecule has 4 heteroatoms. The zero-order valence-corrected chi connectivity index (χ0v) is 9.43. The van der Waals surface area contributed by atoms with Crippen LogP contribution in [0, 0.1) is 5.41 Å². The molecule has 0 aromatic carbocycles. The zero-order chi connectivity index (χ0) is 10.2. The van der Waals surface area contributed by atoms with Gasteiger partial charge in [-0.25, -0.2) is 4.98 Å². The normalized spacial score (nSPS) is 12.2. The van der Waals surface area contributed by atoms with E-state index in [1.54, 1.807) is 6.20 Å². The molecule has 3 nitrogen and oxygen atoms in total. The second-order valence-electron chi connectivity index (χ2n) is 4.61. The van der Waals surface area contributed by atoms with Gasteiger partial charge in [-0.2, -0.15) is 4.37 Å². The van der Waals surface area contributed by atoms with E-state index >= 15 is 0 Å². The van der Waals surface area contributed by atoms with Crippen molar-refractivity contribution >= 4 is 21.9 Å². The summed E-state index contributed by atoms with van der Waals surface area (Å²) in [6.07, 6.45) is 4.56. The highest BCUT2D eigenvalue weighted by Gasteiger charge is 2.13. The van der Waals surface area contributed by atoms with E-state index in [1.165, 1.54) is 11.5 Å². The van der Waals surface area contributed by atoms with Crippen LogP contribution in [-0.4, -0.2) is 14.3 Å². The molecule has 2 aromatic heterocycles. The standard InChI is InChI=1S/C10H13N3S/c1-10(2,3)4-7-5-11-8-6-12-14-9(8)13-7/h5-6H,4H2,1-3H3. The minimum atomic E-state index is 0.257. The first-order chi connectivity index (χ1) is 6.54. The molecule has 0 atom stereocenters. The van der Waals surface area contributed by atoms with E-state index in [9.17, 15) is 0 Å². The van der Waals surface area contributed by atoms with E-state index in [-0.39, 0.29) is 5.41 Å². The third-order valence-electron chi connectivity index (χ3n) is 1.84. The molecule has 2 rings (SSSR count). The summed E-state index contributed by atoms with van der Waals surface area (Å²) < 4.78 is 4.06. The number of hydrogen-bond acceptors (Lipinski definition) is 4. The average Bonchev–Trinajstić information content (AvgIpc) is 2.47. The van der Waals surface area contributed by atoms with Gasteiger partial charge in [-0.05, 0) is 23.4 Å². The van der Waals surface area contributed by atoms with Gasteiger partial charge in [-0.3, -0.25) is 4.98 Å². The first kappa shape index (κ1) is 9.52. The van der Waals surface area contributed by atoms with Gasteiger partial charge in [0.15, 0.2) is 4.83 Å². The van der Waals surface area contributed by atoms with Crippen LogP contribution in [0.3, 0.4) is 0 Å². The van der Waals surface area contributed by atoms with E-state index in [0.29, 0.717) is 0 Å². The Morgan fingerprint density at radius 1 is 1.29 bits per heavy atom. The molecule has 0 amide bonds. The lowest BCUT2D eigenvalue weighted by atomic mass is 9.91.